The van der Waals surface area contributed by atoms with Crippen molar-refractivity contribution in [3.05, 3.63) is 70.8 Å². The number of benzene rings is 2. The zero-order valence-electron chi connectivity index (χ0n) is 19.6. The number of rotatable bonds is 2. The molecule has 4 rings (SSSR count). The van der Waals surface area contributed by atoms with Crippen molar-refractivity contribution in [2.45, 2.75) is 26.2 Å². The Morgan fingerprint density at radius 3 is 1.22 bits per heavy atom. The summed E-state index contributed by atoms with van der Waals surface area (Å²) in [6.45, 7) is 3.22. The number of hydrogen-bond donors (Lipinski definition) is 2. The third-order valence-corrected chi connectivity index (χ3v) is 5.42. The van der Waals surface area contributed by atoms with Crippen LogP contribution in [-0.4, -0.2) is 29.8 Å². The van der Waals surface area contributed by atoms with Gasteiger partial charge in [-0.3, -0.25) is 0 Å². The summed E-state index contributed by atoms with van der Waals surface area (Å²) < 4.78 is 78.0. The average Bonchev–Trinajstić information content (AvgIpc) is 3.23. The Morgan fingerprint density at radius 1 is 0.639 bits per heavy atom. The van der Waals surface area contributed by atoms with Gasteiger partial charge in [-0.2, -0.15) is 36.5 Å². The highest BCUT2D eigenvalue weighted by atomic mass is 19.4. The minimum Gasteiger partial charge on any atom is -0.493 e. The maximum Gasteiger partial charge on any atom is 0.416 e. The predicted molar refractivity (Wildman–Crippen MR) is 120 cm³/mol. The van der Waals surface area contributed by atoms with Gasteiger partial charge in [0.2, 0.25) is 11.8 Å². The first kappa shape index (κ1) is 26.6. The van der Waals surface area contributed by atoms with Crippen LogP contribution in [0.4, 0.5) is 26.3 Å². The van der Waals surface area contributed by atoms with Crippen molar-refractivity contribution in [3.8, 4) is 34.3 Å². The molecule has 0 amide bonds. The molecule has 36 heavy (non-hydrogen) atoms. The van der Waals surface area contributed by atoms with Crippen molar-refractivity contribution in [3.63, 3.8) is 0 Å². The third kappa shape index (κ3) is 5.47. The number of halogens is 6. The van der Waals surface area contributed by atoms with Crippen molar-refractivity contribution in [2.75, 3.05) is 0 Å². The second kappa shape index (κ2) is 9.59. The highest BCUT2D eigenvalue weighted by Crippen LogP contribution is 2.35. The zero-order chi connectivity index (χ0) is 27.0. The minimum absolute atomic E-state index is 0.0533. The summed E-state index contributed by atoms with van der Waals surface area (Å²) in [5.74, 6) is -0.107. The van der Waals surface area contributed by atoms with Crippen LogP contribution in [0.15, 0.2) is 48.5 Å². The van der Waals surface area contributed by atoms with Gasteiger partial charge in [-0.25, -0.2) is 9.36 Å². The minimum atomic E-state index is -4.39. The van der Waals surface area contributed by atoms with E-state index in [0.29, 0.717) is 33.6 Å². The van der Waals surface area contributed by atoms with Gasteiger partial charge in [-0.15, -0.1) is 0 Å². The predicted octanol–water partition coefficient (Wildman–Crippen LogP) is 6.24. The molecular formula is C24H22F6N4O2. The lowest BCUT2D eigenvalue weighted by atomic mass is 10.1. The molecule has 2 aromatic carbocycles. The maximum atomic E-state index is 12.6. The fourth-order valence-electron chi connectivity index (χ4n) is 3.48. The van der Waals surface area contributed by atoms with Gasteiger partial charge in [0.05, 0.1) is 22.5 Å². The van der Waals surface area contributed by atoms with Gasteiger partial charge in [-0.1, -0.05) is 24.3 Å². The van der Waals surface area contributed by atoms with Gasteiger partial charge in [-0.05, 0) is 38.1 Å². The van der Waals surface area contributed by atoms with Crippen molar-refractivity contribution >= 4 is 0 Å². The first-order valence-corrected chi connectivity index (χ1v) is 10.4. The van der Waals surface area contributed by atoms with Crippen LogP contribution in [0, 0.1) is 13.8 Å². The molecule has 12 heteroatoms. The number of nitrogens with zero attached hydrogens (tertiary/aromatic N) is 4. The molecule has 0 aliphatic carbocycles. The van der Waals surface area contributed by atoms with E-state index in [2.05, 4.69) is 10.2 Å². The molecule has 192 valence electrons. The Morgan fingerprint density at radius 2 is 0.972 bits per heavy atom. The molecule has 2 N–H and O–H groups in total. The van der Waals surface area contributed by atoms with E-state index in [1.165, 1.54) is 47.7 Å². The maximum absolute atomic E-state index is 12.6. The van der Waals surface area contributed by atoms with Crippen LogP contribution < -0.4 is 0 Å². The largest absolute Gasteiger partial charge is 0.493 e. The highest BCUT2D eigenvalue weighted by molar-refractivity contribution is 5.66. The summed E-state index contributed by atoms with van der Waals surface area (Å²) in [4.78, 5) is 0. The molecule has 2 heterocycles. The molecule has 0 aliphatic rings. The number of aryl methyl sites for hydroxylation is 2. The first-order valence-electron chi connectivity index (χ1n) is 10.4. The van der Waals surface area contributed by atoms with E-state index < -0.39 is 23.5 Å². The van der Waals surface area contributed by atoms with Crippen molar-refractivity contribution in [2.24, 2.45) is 14.1 Å². The van der Waals surface area contributed by atoms with Gasteiger partial charge in [0.15, 0.2) is 0 Å². The molecule has 0 atom stereocenters. The second-order valence-corrected chi connectivity index (χ2v) is 8.00. The smallest absolute Gasteiger partial charge is 0.416 e. The molecule has 0 fully saturated rings. The lowest BCUT2D eigenvalue weighted by molar-refractivity contribution is -0.138. The van der Waals surface area contributed by atoms with Gasteiger partial charge in [0.1, 0.15) is 0 Å². The van der Waals surface area contributed by atoms with Crippen LogP contribution in [-0.2, 0) is 26.4 Å². The number of aromatic hydroxyl groups is 2. The zero-order valence-corrected chi connectivity index (χ0v) is 19.6. The van der Waals surface area contributed by atoms with Crippen LogP contribution in [0.3, 0.4) is 0 Å². The Bertz CT molecular complexity index is 1280. The fraction of sp³-hybridized carbons (Fsp3) is 0.250. The molecule has 0 bridgehead atoms. The van der Waals surface area contributed by atoms with Gasteiger partial charge >= 0.3 is 12.4 Å². The van der Waals surface area contributed by atoms with Crippen molar-refractivity contribution in [1.29, 1.82) is 0 Å². The molecule has 0 saturated heterocycles. The fourth-order valence-corrected chi connectivity index (χ4v) is 3.48. The Hall–Kier alpha value is -3.96. The number of hydrogen-bond acceptors (Lipinski definition) is 4. The normalized spacial score (nSPS) is 11.8. The molecule has 6 nitrogen and oxygen atoms in total. The lowest BCUT2D eigenvalue weighted by Crippen LogP contribution is -2.04. The second-order valence-electron chi connectivity index (χ2n) is 8.00. The number of alkyl halides is 6. The Kier molecular flexibility index (Phi) is 7.10. The van der Waals surface area contributed by atoms with Crippen LogP contribution in [0.1, 0.15) is 22.3 Å². The van der Waals surface area contributed by atoms with Crippen LogP contribution in [0.2, 0.25) is 0 Å². The average molecular weight is 512 g/mol. The summed E-state index contributed by atoms with van der Waals surface area (Å²) in [7, 11) is 3.05. The Balaban J connectivity index is 0.000000201. The summed E-state index contributed by atoms with van der Waals surface area (Å²) in [6, 6.07) is 9.76. The van der Waals surface area contributed by atoms with E-state index in [9.17, 15) is 36.6 Å². The van der Waals surface area contributed by atoms with Crippen molar-refractivity contribution in [1.82, 2.24) is 19.6 Å². The van der Waals surface area contributed by atoms with Crippen LogP contribution in [0.25, 0.3) is 22.5 Å². The molecule has 0 aliphatic heterocycles. The van der Waals surface area contributed by atoms with Crippen molar-refractivity contribution < 1.29 is 36.6 Å². The first-order chi connectivity index (χ1) is 16.6. The van der Waals surface area contributed by atoms with Gasteiger partial charge < -0.3 is 10.2 Å². The summed E-state index contributed by atoms with van der Waals surface area (Å²) in [5, 5.41) is 27.2. The monoisotopic (exact) mass is 512 g/mol. The molecule has 0 spiro atoms. The van der Waals surface area contributed by atoms with E-state index in [0.717, 1.165) is 24.3 Å². The molecule has 2 aromatic heterocycles. The topological polar surface area (TPSA) is 76.1 Å². The Labute approximate surface area is 202 Å². The van der Waals surface area contributed by atoms with E-state index in [1.54, 1.807) is 13.8 Å². The standard InChI is InChI=1S/2C12H11F3N2O/c2*1-7-10(16-17(2)11(7)18)8-4-3-5-9(6-8)12(13,14)15/h2*3-6,18H,1-2H3. The molecule has 0 saturated carbocycles. The van der Waals surface area contributed by atoms with Crippen LogP contribution in [0.5, 0.6) is 11.8 Å². The lowest BCUT2D eigenvalue weighted by Gasteiger charge is -2.07. The summed E-state index contributed by atoms with van der Waals surface area (Å²) in [6.07, 6.45) is -8.78. The quantitative estimate of drug-likeness (QED) is 0.312. The van der Waals surface area contributed by atoms with Gasteiger partial charge in [0, 0.05) is 36.3 Å². The molecule has 4 aromatic rings. The van der Waals surface area contributed by atoms with E-state index in [-0.39, 0.29) is 11.8 Å². The molecular weight excluding hydrogens is 490 g/mol. The van der Waals surface area contributed by atoms with E-state index in [4.69, 9.17) is 0 Å². The van der Waals surface area contributed by atoms with E-state index in [1.807, 2.05) is 0 Å². The SMILES string of the molecule is Cc1c(-c2cccc(C(F)(F)F)c2)nn(C)c1O.Cc1c(-c2cccc(C(F)(F)F)c2)nn(C)c1O. The van der Waals surface area contributed by atoms with Gasteiger partial charge in [0.25, 0.3) is 0 Å². The summed E-state index contributed by atoms with van der Waals surface area (Å²) >= 11 is 0. The third-order valence-electron chi connectivity index (χ3n) is 5.42. The molecule has 0 unspecified atom stereocenters. The number of aromatic nitrogens is 4. The molecule has 0 radical (unpaired) electrons. The summed E-state index contributed by atoms with van der Waals surface area (Å²) in [5.41, 5.74) is 0.807. The highest BCUT2D eigenvalue weighted by Gasteiger charge is 2.31. The van der Waals surface area contributed by atoms with E-state index >= 15 is 0 Å². The van der Waals surface area contributed by atoms with Crippen LogP contribution >= 0.6 is 0 Å².